The van der Waals surface area contributed by atoms with E-state index in [2.05, 4.69) is 4.72 Å². The van der Waals surface area contributed by atoms with Gasteiger partial charge in [0.15, 0.2) is 5.78 Å². The maximum Gasteiger partial charge on any atom is 0.261 e. The first-order valence-electron chi connectivity index (χ1n) is 6.07. The van der Waals surface area contributed by atoms with Gasteiger partial charge in [0, 0.05) is 5.56 Å². The van der Waals surface area contributed by atoms with Crippen LogP contribution in [0.5, 0.6) is 0 Å². The Balaban J connectivity index is 2.38. The average molecular weight is 300 g/mol. The van der Waals surface area contributed by atoms with Crippen LogP contribution >= 0.6 is 0 Å². The predicted molar refractivity (Wildman–Crippen MR) is 78.4 cm³/mol. The van der Waals surface area contributed by atoms with Crippen molar-refractivity contribution >= 4 is 21.5 Å². The Morgan fingerprint density at radius 1 is 1.10 bits per heavy atom. The third-order valence-electron chi connectivity index (χ3n) is 2.84. The molecule has 0 fully saturated rings. The molecule has 0 aliphatic rings. The number of nitrogens with zero attached hydrogens (tertiary/aromatic N) is 1. The smallest absolute Gasteiger partial charge is 0.261 e. The molecule has 2 rings (SSSR count). The van der Waals surface area contributed by atoms with E-state index in [0.717, 1.165) is 0 Å². The van der Waals surface area contributed by atoms with Crippen LogP contribution in [0.2, 0.25) is 0 Å². The fraction of sp³-hybridized carbons (Fsp3) is 0.0667. The number of sulfonamides is 1. The Morgan fingerprint density at radius 3 is 2.29 bits per heavy atom. The van der Waals surface area contributed by atoms with Crippen LogP contribution in [0.1, 0.15) is 22.8 Å². The van der Waals surface area contributed by atoms with Gasteiger partial charge in [-0.2, -0.15) is 5.26 Å². The van der Waals surface area contributed by atoms with Crippen LogP contribution in [-0.2, 0) is 10.0 Å². The van der Waals surface area contributed by atoms with Gasteiger partial charge in [0.25, 0.3) is 10.0 Å². The summed E-state index contributed by atoms with van der Waals surface area (Å²) in [5.74, 6) is -0.229. The number of para-hydroxylation sites is 1. The van der Waals surface area contributed by atoms with E-state index >= 15 is 0 Å². The highest BCUT2D eigenvalue weighted by atomic mass is 32.2. The maximum absolute atomic E-state index is 12.3. The van der Waals surface area contributed by atoms with E-state index < -0.39 is 10.0 Å². The van der Waals surface area contributed by atoms with Crippen molar-refractivity contribution in [3.63, 3.8) is 0 Å². The molecule has 0 spiro atoms. The molecule has 2 aromatic rings. The Labute approximate surface area is 122 Å². The van der Waals surface area contributed by atoms with Crippen LogP contribution in [0.4, 0.5) is 5.69 Å². The highest BCUT2D eigenvalue weighted by Gasteiger charge is 2.17. The molecular weight excluding hydrogens is 288 g/mol. The molecule has 0 atom stereocenters. The van der Waals surface area contributed by atoms with Gasteiger partial charge in [0.1, 0.15) is 0 Å². The van der Waals surface area contributed by atoms with Crippen molar-refractivity contribution in [2.75, 3.05) is 4.72 Å². The van der Waals surface area contributed by atoms with E-state index in [9.17, 15) is 13.2 Å². The minimum Gasteiger partial charge on any atom is -0.294 e. The summed E-state index contributed by atoms with van der Waals surface area (Å²) in [4.78, 5) is 11.5. The lowest BCUT2D eigenvalue weighted by atomic mass is 10.1. The SMILES string of the molecule is CC(=O)c1ccccc1NS(=O)(=O)c1ccc(C#N)cc1. The van der Waals surface area contributed by atoms with Crippen molar-refractivity contribution in [3.8, 4) is 6.07 Å². The van der Waals surface area contributed by atoms with Crippen molar-refractivity contribution in [2.24, 2.45) is 0 Å². The number of hydrogen-bond donors (Lipinski definition) is 1. The van der Waals surface area contributed by atoms with Gasteiger partial charge in [0.2, 0.25) is 0 Å². The summed E-state index contributed by atoms with van der Waals surface area (Å²) in [6.07, 6.45) is 0. The lowest BCUT2D eigenvalue weighted by Gasteiger charge is -2.11. The quantitative estimate of drug-likeness (QED) is 0.879. The lowest BCUT2D eigenvalue weighted by Crippen LogP contribution is -2.15. The largest absolute Gasteiger partial charge is 0.294 e. The topological polar surface area (TPSA) is 87.0 Å². The first-order chi connectivity index (χ1) is 9.94. The minimum absolute atomic E-state index is 0.0276. The molecule has 0 unspecified atom stereocenters. The van der Waals surface area contributed by atoms with Crippen molar-refractivity contribution in [3.05, 3.63) is 59.7 Å². The fourth-order valence-electron chi connectivity index (χ4n) is 1.79. The Kier molecular flexibility index (Phi) is 4.05. The van der Waals surface area contributed by atoms with Gasteiger partial charge >= 0.3 is 0 Å². The summed E-state index contributed by atoms with van der Waals surface area (Å²) in [7, 11) is -3.81. The van der Waals surface area contributed by atoms with Gasteiger partial charge in [-0.15, -0.1) is 0 Å². The number of rotatable bonds is 4. The Bertz CT molecular complexity index is 819. The van der Waals surface area contributed by atoms with E-state index in [1.807, 2.05) is 6.07 Å². The summed E-state index contributed by atoms with van der Waals surface area (Å²) in [5.41, 5.74) is 0.905. The number of Topliss-reactive ketones (excluding diaryl/α,β-unsaturated/α-hetero) is 1. The van der Waals surface area contributed by atoms with Crippen LogP contribution < -0.4 is 4.72 Å². The summed E-state index contributed by atoms with van der Waals surface area (Å²) >= 11 is 0. The van der Waals surface area contributed by atoms with Gasteiger partial charge in [-0.05, 0) is 43.3 Å². The van der Waals surface area contributed by atoms with Crippen LogP contribution in [0, 0.1) is 11.3 Å². The van der Waals surface area contributed by atoms with Gasteiger partial charge in [-0.25, -0.2) is 8.42 Å². The summed E-state index contributed by atoms with van der Waals surface area (Å²) < 4.78 is 26.9. The molecule has 6 heteroatoms. The molecule has 0 heterocycles. The van der Waals surface area contributed by atoms with E-state index in [1.165, 1.54) is 37.3 Å². The molecule has 0 aliphatic heterocycles. The molecule has 106 valence electrons. The summed E-state index contributed by atoms with van der Waals surface area (Å²) in [6.45, 7) is 1.37. The minimum atomic E-state index is -3.81. The van der Waals surface area contributed by atoms with Crippen LogP contribution in [0.3, 0.4) is 0 Å². The molecule has 0 radical (unpaired) electrons. The Morgan fingerprint density at radius 2 is 1.71 bits per heavy atom. The Hall–Kier alpha value is -2.65. The second kappa shape index (κ2) is 5.77. The number of anilines is 1. The van der Waals surface area contributed by atoms with E-state index in [1.54, 1.807) is 18.2 Å². The van der Waals surface area contributed by atoms with Gasteiger partial charge in [-0.3, -0.25) is 9.52 Å². The van der Waals surface area contributed by atoms with Crippen LogP contribution in [0.25, 0.3) is 0 Å². The number of nitrogens with one attached hydrogen (secondary N) is 1. The molecule has 21 heavy (non-hydrogen) atoms. The average Bonchev–Trinajstić information content (AvgIpc) is 2.47. The molecule has 0 saturated heterocycles. The second-order valence-corrected chi connectivity index (χ2v) is 6.03. The number of hydrogen-bond acceptors (Lipinski definition) is 4. The lowest BCUT2D eigenvalue weighted by molar-refractivity contribution is 0.101. The van der Waals surface area contributed by atoms with Crippen molar-refractivity contribution in [1.29, 1.82) is 5.26 Å². The van der Waals surface area contributed by atoms with Crippen LogP contribution in [-0.4, -0.2) is 14.2 Å². The molecular formula is C15H12N2O3S. The zero-order valence-electron chi connectivity index (χ0n) is 11.2. The van der Waals surface area contributed by atoms with Crippen molar-refractivity contribution in [1.82, 2.24) is 0 Å². The van der Waals surface area contributed by atoms with E-state index in [4.69, 9.17) is 5.26 Å². The first kappa shape index (κ1) is 14.8. The van der Waals surface area contributed by atoms with Crippen LogP contribution in [0.15, 0.2) is 53.4 Å². The maximum atomic E-state index is 12.3. The number of benzene rings is 2. The highest BCUT2D eigenvalue weighted by molar-refractivity contribution is 7.92. The molecule has 0 aliphatic carbocycles. The van der Waals surface area contributed by atoms with E-state index in [-0.39, 0.29) is 16.4 Å². The summed E-state index contributed by atoms with van der Waals surface area (Å²) in [5, 5.41) is 8.71. The van der Waals surface area contributed by atoms with Crippen molar-refractivity contribution in [2.45, 2.75) is 11.8 Å². The highest BCUT2D eigenvalue weighted by Crippen LogP contribution is 2.20. The van der Waals surface area contributed by atoms with Crippen molar-refractivity contribution < 1.29 is 13.2 Å². The molecule has 0 bridgehead atoms. The first-order valence-corrected chi connectivity index (χ1v) is 7.55. The number of nitriles is 1. The number of ketones is 1. The molecule has 0 aromatic heterocycles. The van der Waals surface area contributed by atoms with Gasteiger partial charge in [-0.1, -0.05) is 12.1 Å². The molecule has 0 amide bonds. The van der Waals surface area contributed by atoms with E-state index in [0.29, 0.717) is 11.1 Å². The molecule has 1 N–H and O–H groups in total. The molecule has 5 nitrogen and oxygen atoms in total. The second-order valence-electron chi connectivity index (χ2n) is 4.34. The van der Waals surface area contributed by atoms with Gasteiger partial charge < -0.3 is 0 Å². The number of carbonyl (C=O) groups is 1. The normalized spacial score (nSPS) is 10.7. The van der Waals surface area contributed by atoms with Gasteiger partial charge in [0.05, 0.1) is 22.2 Å². The number of carbonyl (C=O) groups excluding carboxylic acids is 1. The fourth-order valence-corrected chi connectivity index (χ4v) is 2.87. The zero-order chi connectivity index (χ0) is 15.5. The summed E-state index contributed by atoms with van der Waals surface area (Å²) in [6, 6.07) is 13.8. The zero-order valence-corrected chi connectivity index (χ0v) is 12.0. The standard InChI is InChI=1S/C15H12N2O3S/c1-11(18)14-4-2-3-5-15(14)17-21(19,20)13-8-6-12(10-16)7-9-13/h2-9,17H,1H3. The third kappa shape index (κ3) is 3.27. The monoisotopic (exact) mass is 300 g/mol. The third-order valence-corrected chi connectivity index (χ3v) is 4.23. The molecule has 0 saturated carbocycles. The molecule has 2 aromatic carbocycles. The predicted octanol–water partition coefficient (Wildman–Crippen LogP) is 2.56.